The van der Waals surface area contributed by atoms with Crippen molar-refractivity contribution in [3.05, 3.63) is 74.9 Å². The van der Waals surface area contributed by atoms with Gasteiger partial charge < -0.3 is 9.72 Å². The summed E-state index contributed by atoms with van der Waals surface area (Å²) in [5.74, 6) is 0.720. The van der Waals surface area contributed by atoms with Crippen LogP contribution in [0.25, 0.3) is 10.9 Å². The molecule has 0 radical (unpaired) electrons. The summed E-state index contributed by atoms with van der Waals surface area (Å²) in [6.07, 6.45) is 2.48. The van der Waals surface area contributed by atoms with E-state index < -0.39 is 11.2 Å². The Morgan fingerprint density at radius 1 is 1.20 bits per heavy atom. The van der Waals surface area contributed by atoms with Gasteiger partial charge in [-0.05, 0) is 43.2 Å². The Balaban J connectivity index is 1.95. The second-order valence-electron chi connectivity index (χ2n) is 5.75. The molecule has 6 nitrogen and oxygen atoms in total. The Morgan fingerprint density at radius 3 is 2.80 bits per heavy atom. The summed E-state index contributed by atoms with van der Waals surface area (Å²) in [7, 11) is 0. The van der Waals surface area contributed by atoms with Gasteiger partial charge in [-0.2, -0.15) is 5.10 Å². The lowest BCUT2D eigenvalue weighted by Gasteiger charge is -2.12. The van der Waals surface area contributed by atoms with Crippen LogP contribution in [0.15, 0.2) is 63.2 Å². The number of ether oxygens (including phenoxy) is 1. The Labute approximate surface area is 144 Å². The minimum atomic E-state index is -0.577. The SMILES string of the molecule is CC[C@@H](C)Oc1cccc(C=Nn2c(=O)[nH]c3ccccc3c2=O)c1. The van der Waals surface area contributed by atoms with Crippen molar-refractivity contribution < 1.29 is 4.74 Å². The highest BCUT2D eigenvalue weighted by molar-refractivity contribution is 5.80. The molecule has 1 N–H and O–H groups in total. The maximum atomic E-state index is 12.4. The van der Waals surface area contributed by atoms with Crippen LogP contribution in [0.4, 0.5) is 0 Å². The summed E-state index contributed by atoms with van der Waals surface area (Å²) in [6.45, 7) is 4.04. The average molecular weight is 337 g/mol. The predicted molar refractivity (Wildman–Crippen MR) is 98.6 cm³/mol. The smallest absolute Gasteiger partial charge is 0.349 e. The van der Waals surface area contributed by atoms with E-state index in [-0.39, 0.29) is 6.10 Å². The van der Waals surface area contributed by atoms with Crippen molar-refractivity contribution in [2.24, 2.45) is 5.10 Å². The van der Waals surface area contributed by atoms with Crippen LogP contribution >= 0.6 is 0 Å². The van der Waals surface area contributed by atoms with E-state index in [1.54, 1.807) is 24.3 Å². The van der Waals surface area contributed by atoms with Gasteiger partial charge in [-0.25, -0.2) is 4.79 Å². The number of fused-ring (bicyclic) bond motifs is 1. The highest BCUT2D eigenvalue weighted by Gasteiger charge is 2.06. The minimum absolute atomic E-state index is 0.109. The van der Waals surface area contributed by atoms with Crippen LogP contribution < -0.4 is 16.0 Å². The van der Waals surface area contributed by atoms with Gasteiger partial charge in [0, 0.05) is 0 Å². The first kappa shape index (κ1) is 16.7. The van der Waals surface area contributed by atoms with Gasteiger partial charge in [-0.3, -0.25) is 4.79 Å². The van der Waals surface area contributed by atoms with Crippen molar-refractivity contribution in [3.63, 3.8) is 0 Å². The first-order valence-corrected chi connectivity index (χ1v) is 8.13. The molecular formula is C19H19N3O3. The maximum absolute atomic E-state index is 12.4. The van der Waals surface area contributed by atoms with E-state index >= 15 is 0 Å². The number of para-hydroxylation sites is 1. The van der Waals surface area contributed by atoms with E-state index in [4.69, 9.17) is 4.74 Å². The molecule has 0 unspecified atom stereocenters. The van der Waals surface area contributed by atoms with E-state index in [1.807, 2.05) is 38.1 Å². The zero-order chi connectivity index (χ0) is 17.8. The molecule has 0 aliphatic carbocycles. The summed E-state index contributed by atoms with van der Waals surface area (Å²) in [6, 6.07) is 14.2. The van der Waals surface area contributed by atoms with E-state index in [9.17, 15) is 9.59 Å². The Hall–Kier alpha value is -3.15. The lowest BCUT2D eigenvalue weighted by Crippen LogP contribution is -2.32. The van der Waals surface area contributed by atoms with Crippen LogP contribution in [0, 0.1) is 0 Å². The monoisotopic (exact) mass is 337 g/mol. The first-order valence-electron chi connectivity index (χ1n) is 8.13. The molecule has 2 aromatic carbocycles. The molecule has 0 bridgehead atoms. The number of aromatic nitrogens is 2. The van der Waals surface area contributed by atoms with Gasteiger partial charge in [-0.15, -0.1) is 4.68 Å². The number of hydrogen-bond donors (Lipinski definition) is 1. The van der Waals surface area contributed by atoms with Crippen LogP contribution in [-0.4, -0.2) is 22.0 Å². The second kappa shape index (κ2) is 7.17. The predicted octanol–water partition coefficient (Wildman–Crippen LogP) is 2.75. The fourth-order valence-electron chi connectivity index (χ4n) is 2.37. The lowest BCUT2D eigenvalue weighted by molar-refractivity contribution is 0.217. The third-order valence-electron chi connectivity index (χ3n) is 3.88. The van der Waals surface area contributed by atoms with E-state index in [0.717, 1.165) is 22.4 Å². The molecule has 25 heavy (non-hydrogen) atoms. The molecule has 3 aromatic rings. The van der Waals surface area contributed by atoms with Gasteiger partial charge in [0.15, 0.2) is 0 Å². The molecule has 128 valence electrons. The van der Waals surface area contributed by atoms with E-state index in [1.165, 1.54) is 6.21 Å². The molecule has 1 aromatic heterocycles. The topological polar surface area (TPSA) is 76.5 Å². The molecule has 0 aliphatic heterocycles. The Bertz CT molecular complexity index is 1030. The fraction of sp³-hybridized carbons (Fsp3) is 0.211. The van der Waals surface area contributed by atoms with Crippen LogP contribution in [0.3, 0.4) is 0 Å². The van der Waals surface area contributed by atoms with Gasteiger partial charge in [0.05, 0.1) is 23.2 Å². The number of nitrogens with one attached hydrogen (secondary N) is 1. The molecule has 3 rings (SSSR count). The molecule has 0 saturated heterocycles. The molecule has 0 fully saturated rings. The number of hydrogen-bond acceptors (Lipinski definition) is 4. The van der Waals surface area contributed by atoms with Crippen LogP contribution in [0.2, 0.25) is 0 Å². The summed E-state index contributed by atoms with van der Waals surface area (Å²) in [5.41, 5.74) is 0.197. The first-order chi connectivity index (χ1) is 12.1. The molecular weight excluding hydrogens is 318 g/mol. The zero-order valence-electron chi connectivity index (χ0n) is 14.1. The molecule has 0 amide bonds. The fourth-order valence-corrected chi connectivity index (χ4v) is 2.37. The quantitative estimate of drug-likeness (QED) is 0.727. The molecule has 6 heteroatoms. The average Bonchev–Trinajstić information content (AvgIpc) is 2.61. The Morgan fingerprint density at radius 2 is 2.00 bits per heavy atom. The number of benzene rings is 2. The van der Waals surface area contributed by atoms with Gasteiger partial charge in [0.25, 0.3) is 5.56 Å². The molecule has 1 heterocycles. The zero-order valence-corrected chi connectivity index (χ0v) is 14.1. The van der Waals surface area contributed by atoms with Gasteiger partial charge in [-0.1, -0.05) is 31.2 Å². The van der Waals surface area contributed by atoms with Crippen molar-refractivity contribution in [1.29, 1.82) is 0 Å². The van der Waals surface area contributed by atoms with Crippen molar-refractivity contribution in [2.75, 3.05) is 0 Å². The third-order valence-corrected chi connectivity index (χ3v) is 3.88. The highest BCUT2D eigenvalue weighted by Crippen LogP contribution is 2.14. The number of nitrogens with zero attached hydrogens (tertiary/aromatic N) is 2. The van der Waals surface area contributed by atoms with Crippen molar-refractivity contribution in [2.45, 2.75) is 26.4 Å². The van der Waals surface area contributed by atoms with E-state index in [0.29, 0.717) is 10.9 Å². The third kappa shape index (κ3) is 3.68. The number of aromatic amines is 1. The normalized spacial score (nSPS) is 12.6. The minimum Gasteiger partial charge on any atom is -0.491 e. The van der Waals surface area contributed by atoms with Crippen LogP contribution in [-0.2, 0) is 0 Å². The van der Waals surface area contributed by atoms with Gasteiger partial charge >= 0.3 is 5.69 Å². The molecule has 0 spiro atoms. The summed E-state index contributed by atoms with van der Waals surface area (Å²) < 4.78 is 6.59. The summed E-state index contributed by atoms with van der Waals surface area (Å²) >= 11 is 0. The summed E-state index contributed by atoms with van der Waals surface area (Å²) in [4.78, 5) is 27.2. The molecule has 0 saturated carbocycles. The van der Waals surface area contributed by atoms with E-state index in [2.05, 4.69) is 10.1 Å². The van der Waals surface area contributed by atoms with Gasteiger partial charge in [0.2, 0.25) is 0 Å². The molecule has 1 atom stereocenters. The van der Waals surface area contributed by atoms with Gasteiger partial charge in [0.1, 0.15) is 5.75 Å². The van der Waals surface area contributed by atoms with Crippen LogP contribution in [0.1, 0.15) is 25.8 Å². The van der Waals surface area contributed by atoms with Crippen molar-refractivity contribution in [1.82, 2.24) is 9.66 Å². The maximum Gasteiger partial charge on any atom is 0.349 e. The lowest BCUT2D eigenvalue weighted by atomic mass is 10.2. The van der Waals surface area contributed by atoms with Crippen molar-refractivity contribution >= 4 is 17.1 Å². The number of rotatable bonds is 5. The highest BCUT2D eigenvalue weighted by atomic mass is 16.5. The Kier molecular flexibility index (Phi) is 4.79. The second-order valence-corrected chi connectivity index (χ2v) is 5.75. The largest absolute Gasteiger partial charge is 0.491 e. The standard InChI is InChI=1S/C19H19N3O3/c1-3-13(2)25-15-8-6-7-14(11-15)12-20-22-18(23)16-9-4-5-10-17(16)21-19(22)24/h4-13H,3H2,1-2H3,(H,21,24)/t13-/m1/s1. The van der Waals surface area contributed by atoms with Crippen molar-refractivity contribution in [3.8, 4) is 5.75 Å². The molecule has 0 aliphatic rings. The van der Waals surface area contributed by atoms with Crippen LogP contribution in [0.5, 0.6) is 5.75 Å². The summed E-state index contributed by atoms with van der Waals surface area (Å²) in [5, 5.41) is 4.46. The number of H-pyrrole nitrogens is 1.